The second-order valence-electron chi connectivity index (χ2n) is 5.63. The molecule has 0 radical (unpaired) electrons. The quantitative estimate of drug-likeness (QED) is 0.497. The zero-order chi connectivity index (χ0) is 20.4. The van der Waals surface area contributed by atoms with E-state index in [2.05, 4.69) is 31.5 Å². The number of nitrogens with zero attached hydrogens (tertiary/aromatic N) is 3. The topological polar surface area (TPSA) is 48.7 Å². The minimum Gasteiger partial charge on any atom is -0.406 e. The van der Waals surface area contributed by atoms with Gasteiger partial charge in [-0.25, -0.2) is 0 Å². The van der Waals surface area contributed by atoms with Crippen LogP contribution in [0.25, 0.3) is 5.65 Å². The Bertz CT molecular complexity index is 1030. The van der Waals surface area contributed by atoms with Crippen LogP contribution in [0.3, 0.4) is 0 Å². The Morgan fingerprint density at radius 2 is 1.57 bits per heavy atom. The number of aromatic nitrogens is 3. The Labute approximate surface area is 155 Å². The van der Waals surface area contributed by atoms with Gasteiger partial charge in [-0.1, -0.05) is 11.8 Å². The zero-order valence-electron chi connectivity index (χ0n) is 14.3. The van der Waals surface area contributed by atoms with E-state index in [1.807, 2.05) is 0 Å². The van der Waals surface area contributed by atoms with Gasteiger partial charge in [-0.05, 0) is 36.4 Å². The fourth-order valence-electron chi connectivity index (χ4n) is 2.34. The third-order valence-corrected chi connectivity index (χ3v) is 3.49. The van der Waals surface area contributed by atoms with Gasteiger partial charge in [-0.2, -0.15) is 8.78 Å². The van der Waals surface area contributed by atoms with Crippen LogP contribution in [0.5, 0.6) is 5.75 Å². The highest BCUT2D eigenvalue weighted by atomic mass is 19.4. The number of hydrogen-bond acceptors (Lipinski definition) is 4. The number of alkyl halides is 5. The Balaban J connectivity index is 1.86. The van der Waals surface area contributed by atoms with Crippen LogP contribution >= 0.6 is 0 Å². The average molecular weight is 397 g/mol. The van der Waals surface area contributed by atoms with Crippen molar-refractivity contribution < 1.29 is 31.4 Å². The van der Waals surface area contributed by atoms with Crippen LogP contribution in [-0.4, -0.2) is 34.7 Å². The molecule has 0 saturated carbocycles. The molecule has 0 unspecified atom stereocenters. The van der Waals surface area contributed by atoms with Crippen molar-refractivity contribution in [3.63, 3.8) is 0 Å². The van der Waals surface area contributed by atoms with Crippen molar-refractivity contribution >= 4 is 5.65 Å². The maximum absolute atomic E-state index is 14.1. The van der Waals surface area contributed by atoms with E-state index in [0.717, 1.165) is 23.6 Å². The third-order valence-electron chi connectivity index (χ3n) is 3.49. The summed E-state index contributed by atoms with van der Waals surface area (Å²) < 4.78 is 74.0. The second-order valence-corrected chi connectivity index (χ2v) is 5.63. The number of benzene rings is 1. The molecular weight excluding hydrogens is 385 g/mol. The SMILES string of the molecule is COCC(F)(F)c1nnc2ccc(C#Cc3ccc(OC(F)(F)F)cc3)cn12. The summed E-state index contributed by atoms with van der Waals surface area (Å²) in [4.78, 5) is 0. The molecule has 146 valence electrons. The molecule has 0 amide bonds. The largest absolute Gasteiger partial charge is 0.573 e. The van der Waals surface area contributed by atoms with Crippen LogP contribution in [0.4, 0.5) is 22.0 Å². The van der Waals surface area contributed by atoms with Crippen molar-refractivity contribution in [3.05, 3.63) is 59.5 Å². The van der Waals surface area contributed by atoms with E-state index < -0.39 is 24.7 Å². The van der Waals surface area contributed by atoms with Gasteiger partial charge in [-0.3, -0.25) is 4.40 Å². The van der Waals surface area contributed by atoms with Crippen molar-refractivity contribution in [2.75, 3.05) is 13.7 Å². The summed E-state index contributed by atoms with van der Waals surface area (Å²) in [6.45, 7) is -0.851. The molecule has 0 aliphatic carbocycles. The molecule has 10 heteroatoms. The first-order valence-corrected chi connectivity index (χ1v) is 7.78. The van der Waals surface area contributed by atoms with E-state index >= 15 is 0 Å². The number of hydrogen-bond donors (Lipinski definition) is 0. The predicted octanol–water partition coefficient (Wildman–Crippen LogP) is 3.77. The van der Waals surface area contributed by atoms with Gasteiger partial charge < -0.3 is 9.47 Å². The lowest BCUT2D eigenvalue weighted by Gasteiger charge is -2.12. The number of pyridine rings is 1. The summed E-state index contributed by atoms with van der Waals surface area (Å²) in [7, 11) is 1.15. The molecule has 0 fully saturated rings. The number of methoxy groups -OCH3 is 1. The minimum absolute atomic E-state index is 0.213. The lowest BCUT2D eigenvalue weighted by atomic mass is 10.2. The van der Waals surface area contributed by atoms with E-state index in [4.69, 9.17) is 0 Å². The number of ether oxygens (including phenoxy) is 2. The lowest BCUT2D eigenvalue weighted by molar-refractivity contribution is -0.274. The molecule has 0 N–H and O–H groups in total. The molecule has 5 nitrogen and oxygen atoms in total. The Kier molecular flexibility index (Phi) is 5.20. The summed E-state index contributed by atoms with van der Waals surface area (Å²) in [6, 6.07) is 8.00. The Morgan fingerprint density at radius 3 is 2.21 bits per heavy atom. The van der Waals surface area contributed by atoms with E-state index in [9.17, 15) is 22.0 Å². The number of halogens is 5. The molecule has 0 bridgehead atoms. The van der Waals surface area contributed by atoms with Gasteiger partial charge in [0.2, 0.25) is 5.82 Å². The summed E-state index contributed by atoms with van der Waals surface area (Å²) in [5.74, 6) is 1.21. The van der Waals surface area contributed by atoms with Crippen molar-refractivity contribution in [1.82, 2.24) is 14.6 Å². The molecule has 2 heterocycles. The fraction of sp³-hybridized carbons (Fsp3) is 0.222. The van der Waals surface area contributed by atoms with Gasteiger partial charge >= 0.3 is 12.3 Å². The maximum Gasteiger partial charge on any atom is 0.573 e. The van der Waals surface area contributed by atoms with Gasteiger partial charge in [0.25, 0.3) is 0 Å². The fourth-order valence-corrected chi connectivity index (χ4v) is 2.34. The van der Waals surface area contributed by atoms with Crippen molar-refractivity contribution in [2.24, 2.45) is 0 Å². The highest BCUT2D eigenvalue weighted by Gasteiger charge is 2.37. The molecule has 28 heavy (non-hydrogen) atoms. The molecule has 0 aliphatic rings. The van der Waals surface area contributed by atoms with E-state index in [-0.39, 0.29) is 11.4 Å². The highest BCUT2D eigenvalue weighted by Crippen LogP contribution is 2.27. The zero-order valence-corrected chi connectivity index (χ0v) is 14.3. The van der Waals surface area contributed by atoms with Gasteiger partial charge in [0, 0.05) is 24.4 Å². The first-order chi connectivity index (χ1) is 13.2. The molecule has 1 aromatic carbocycles. The van der Waals surface area contributed by atoms with E-state index in [1.54, 1.807) is 6.07 Å². The molecule has 0 aliphatic heterocycles. The molecular formula is C18H12F5N3O2. The standard InChI is InChI=1S/C18H12F5N3O2/c1-27-11-17(19,20)16-25-24-15-9-6-13(10-26(15)16)3-2-12-4-7-14(8-5-12)28-18(21,22)23/h4-10H,11H2,1H3. The van der Waals surface area contributed by atoms with Gasteiger partial charge in [0.15, 0.2) is 5.65 Å². The van der Waals surface area contributed by atoms with Crippen molar-refractivity contribution in [1.29, 1.82) is 0 Å². The van der Waals surface area contributed by atoms with E-state index in [1.165, 1.54) is 24.4 Å². The third kappa shape index (κ3) is 4.55. The van der Waals surface area contributed by atoms with Crippen LogP contribution in [-0.2, 0) is 10.7 Å². The maximum atomic E-state index is 14.1. The molecule has 3 rings (SSSR count). The minimum atomic E-state index is -4.77. The summed E-state index contributed by atoms with van der Waals surface area (Å²) >= 11 is 0. The predicted molar refractivity (Wildman–Crippen MR) is 87.9 cm³/mol. The Hall–Kier alpha value is -3.19. The first kappa shape index (κ1) is 19.6. The van der Waals surface area contributed by atoms with Crippen LogP contribution < -0.4 is 4.74 Å². The van der Waals surface area contributed by atoms with Crippen molar-refractivity contribution in [2.45, 2.75) is 12.3 Å². The van der Waals surface area contributed by atoms with Gasteiger partial charge in [0.1, 0.15) is 12.4 Å². The monoisotopic (exact) mass is 397 g/mol. The average Bonchev–Trinajstić information content (AvgIpc) is 3.04. The van der Waals surface area contributed by atoms with Crippen LogP contribution in [0, 0.1) is 11.8 Å². The molecule has 0 spiro atoms. The summed E-state index contributed by atoms with van der Waals surface area (Å²) in [5.41, 5.74) is 1.02. The lowest BCUT2D eigenvalue weighted by Crippen LogP contribution is -2.23. The number of rotatable bonds is 4. The van der Waals surface area contributed by atoms with E-state index in [0.29, 0.717) is 11.1 Å². The summed E-state index contributed by atoms with van der Waals surface area (Å²) in [6.07, 6.45) is -3.42. The molecule has 0 atom stereocenters. The molecule has 0 saturated heterocycles. The Morgan fingerprint density at radius 1 is 0.929 bits per heavy atom. The smallest absolute Gasteiger partial charge is 0.406 e. The van der Waals surface area contributed by atoms with Crippen LogP contribution in [0.1, 0.15) is 17.0 Å². The number of fused-ring (bicyclic) bond motifs is 1. The highest BCUT2D eigenvalue weighted by molar-refractivity contribution is 5.48. The van der Waals surface area contributed by atoms with Gasteiger partial charge in [0.05, 0.1) is 0 Å². The van der Waals surface area contributed by atoms with Crippen LogP contribution in [0.2, 0.25) is 0 Å². The molecule has 3 aromatic rings. The first-order valence-electron chi connectivity index (χ1n) is 7.78. The molecule has 2 aromatic heterocycles. The van der Waals surface area contributed by atoms with Gasteiger partial charge in [-0.15, -0.1) is 23.4 Å². The second kappa shape index (κ2) is 7.44. The summed E-state index contributed by atoms with van der Waals surface area (Å²) in [5, 5.41) is 7.20. The van der Waals surface area contributed by atoms with Crippen LogP contribution in [0.15, 0.2) is 42.6 Å². The normalized spacial score (nSPS) is 11.9. The van der Waals surface area contributed by atoms with Crippen molar-refractivity contribution in [3.8, 4) is 17.6 Å².